The Labute approximate surface area is 134 Å². The zero-order valence-corrected chi connectivity index (χ0v) is 15.6. The second-order valence-corrected chi connectivity index (χ2v) is 10.8. The molecule has 0 aromatic carbocycles. The minimum atomic E-state index is -3.48. The number of likely N-dealkylation sites (N-methyl/N-ethyl adjacent to an activating group) is 1. The first kappa shape index (κ1) is 20.5. The fourth-order valence-corrected chi connectivity index (χ4v) is 6.78. The van der Waals surface area contributed by atoms with Crippen LogP contribution in [-0.2, 0) is 18.9 Å². The van der Waals surface area contributed by atoms with Gasteiger partial charge in [0.15, 0.2) is 0 Å². The lowest BCUT2D eigenvalue weighted by molar-refractivity contribution is -0.136. The van der Waals surface area contributed by atoms with E-state index in [1.807, 2.05) is 20.8 Å². The minimum absolute atomic E-state index is 0.00752. The highest BCUT2D eigenvalue weighted by Crippen LogP contribution is 2.64. The van der Waals surface area contributed by atoms with Crippen molar-refractivity contribution in [1.29, 1.82) is 0 Å². The largest absolute Gasteiger partial charge is 0.323 e. The third-order valence-electron chi connectivity index (χ3n) is 2.73. The van der Waals surface area contributed by atoms with Crippen molar-refractivity contribution in [3.8, 4) is 0 Å². The van der Waals surface area contributed by atoms with Gasteiger partial charge in [0.1, 0.15) is 0 Å². The van der Waals surface area contributed by atoms with E-state index in [-0.39, 0.29) is 5.25 Å². The van der Waals surface area contributed by atoms with Crippen molar-refractivity contribution in [2.75, 3.05) is 19.8 Å². The first-order chi connectivity index (χ1) is 9.74. The summed E-state index contributed by atoms with van der Waals surface area (Å²) in [5.74, 6) is -0.300. The summed E-state index contributed by atoms with van der Waals surface area (Å²) >= 11 is 1.96. The summed E-state index contributed by atoms with van der Waals surface area (Å²) in [6.45, 7) is 2.20. The van der Waals surface area contributed by atoms with E-state index in [2.05, 4.69) is 0 Å². The Bertz CT molecular complexity index is 433. The van der Waals surface area contributed by atoms with E-state index < -0.39 is 17.7 Å². The Morgan fingerprint density at radius 1 is 1.29 bits per heavy atom. The standard InChI is InChI=1S/C12H23N2O4PS2/c1-6-8-20-12(17)11(16)14(5)19(18,13(4)9-15)21-10(3)7-2/h9-10H,6-8H2,1-5H3. The molecule has 0 heterocycles. The normalized spacial score (nSPS) is 14.9. The molecule has 0 aliphatic carbocycles. The highest BCUT2D eigenvalue weighted by molar-refractivity contribution is 8.57. The molecule has 0 aromatic heterocycles. The lowest BCUT2D eigenvalue weighted by Crippen LogP contribution is -2.34. The van der Waals surface area contributed by atoms with Crippen molar-refractivity contribution in [3.05, 3.63) is 0 Å². The van der Waals surface area contributed by atoms with Gasteiger partial charge >= 0.3 is 12.6 Å². The molecule has 0 saturated carbocycles. The van der Waals surface area contributed by atoms with Crippen LogP contribution in [0.1, 0.15) is 33.6 Å². The van der Waals surface area contributed by atoms with Crippen molar-refractivity contribution in [3.63, 3.8) is 0 Å². The molecule has 21 heavy (non-hydrogen) atoms. The summed E-state index contributed by atoms with van der Waals surface area (Å²) in [5.41, 5.74) is 0. The summed E-state index contributed by atoms with van der Waals surface area (Å²) in [4.78, 5) is 34.9. The zero-order chi connectivity index (χ0) is 16.6. The van der Waals surface area contributed by atoms with Gasteiger partial charge in [-0.3, -0.25) is 28.3 Å². The summed E-state index contributed by atoms with van der Waals surface area (Å²) in [6.07, 6.45) is 1.92. The van der Waals surface area contributed by atoms with E-state index in [1.54, 1.807) is 0 Å². The fraction of sp³-hybridized carbons (Fsp3) is 0.750. The monoisotopic (exact) mass is 354 g/mol. The maximum Gasteiger partial charge on any atom is 0.323 e. The summed E-state index contributed by atoms with van der Waals surface area (Å²) in [5, 5.41) is -0.657. The second-order valence-electron chi connectivity index (χ2n) is 4.46. The molecule has 0 radical (unpaired) electrons. The summed E-state index contributed by atoms with van der Waals surface area (Å²) in [6, 6.07) is 0. The molecule has 0 spiro atoms. The molecule has 122 valence electrons. The van der Waals surface area contributed by atoms with E-state index in [0.717, 1.165) is 45.3 Å². The number of nitrogens with zero attached hydrogens (tertiary/aromatic N) is 2. The smallest absolute Gasteiger partial charge is 0.278 e. The maximum atomic E-state index is 13.0. The lowest BCUT2D eigenvalue weighted by atomic mass is 10.4. The van der Waals surface area contributed by atoms with E-state index in [9.17, 15) is 18.9 Å². The number of rotatable bonds is 8. The second kappa shape index (κ2) is 9.54. The van der Waals surface area contributed by atoms with Crippen LogP contribution in [0.4, 0.5) is 0 Å². The van der Waals surface area contributed by atoms with Gasteiger partial charge in [-0.2, -0.15) is 0 Å². The molecule has 0 fully saturated rings. The molecule has 0 N–H and O–H groups in total. The molecule has 0 saturated heterocycles. The van der Waals surface area contributed by atoms with Gasteiger partial charge < -0.3 is 0 Å². The molecule has 9 heteroatoms. The van der Waals surface area contributed by atoms with Crippen LogP contribution in [0.25, 0.3) is 0 Å². The van der Waals surface area contributed by atoms with Crippen molar-refractivity contribution in [2.24, 2.45) is 0 Å². The van der Waals surface area contributed by atoms with E-state index in [0.29, 0.717) is 12.2 Å². The lowest BCUT2D eigenvalue weighted by Gasteiger charge is -2.33. The molecule has 0 aliphatic rings. The summed E-state index contributed by atoms with van der Waals surface area (Å²) in [7, 11) is 2.67. The molecule has 0 aliphatic heterocycles. The molecule has 2 amide bonds. The van der Waals surface area contributed by atoms with Gasteiger partial charge in [-0.1, -0.05) is 43.9 Å². The number of carbonyl (C=O) groups is 3. The third-order valence-corrected chi connectivity index (χ3v) is 9.99. The predicted octanol–water partition coefficient (Wildman–Crippen LogP) is 2.84. The molecule has 0 bridgehead atoms. The SMILES string of the molecule is CCCSC(=O)C(=O)N(C)P(=O)(SC(C)CC)N(C)C=O. The Kier molecular flexibility index (Phi) is 9.33. The quantitative estimate of drug-likeness (QED) is 0.379. The van der Waals surface area contributed by atoms with Crippen molar-refractivity contribution in [2.45, 2.75) is 38.9 Å². The maximum absolute atomic E-state index is 13.0. The zero-order valence-electron chi connectivity index (χ0n) is 13.1. The van der Waals surface area contributed by atoms with Crippen LogP contribution < -0.4 is 0 Å². The Hall–Kier alpha value is -0.460. The van der Waals surface area contributed by atoms with E-state index in [4.69, 9.17) is 0 Å². The summed E-state index contributed by atoms with van der Waals surface area (Å²) < 4.78 is 14.9. The van der Waals surface area contributed by atoms with Crippen LogP contribution in [0.5, 0.6) is 0 Å². The number of carbonyl (C=O) groups excluding carboxylic acids is 3. The van der Waals surface area contributed by atoms with Crippen LogP contribution in [0.2, 0.25) is 0 Å². The van der Waals surface area contributed by atoms with E-state index >= 15 is 0 Å². The average molecular weight is 354 g/mol. The number of hydrogen-bond acceptors (Lipinski definition) is 6. The van der Waals surface area contributed by atoms with E-state index in [1.165, 1.54) is 14.1 Å². The van der Waals surface area contributed by atoms with Crippen LogP contribution in [-0.4, -0.2) is 51.9 Å². The fourth-order valence-electron chi connectivity index (χ4n) is 1.23. The number of hydrogen-bond donors (Lipinski definition) is 0. The molecular weight excluding hydrogens is 331 g/mol. The average Bonchev–Trinajstić information content (AvgIpc) is 2.49. The highest BCUT2D eigenvalue weighted by Gasteiger charge is 2.39. The predicted molar refractivity (Wildman–Crippen MR) is 89.3 cm³/mol. The molecule has 0 rings (SSSR count). The molecule has 0 aromatic rings. The Morgan fingerprint density at radius 3 is 2.29 bits per heavy atom. The molecule has 2 unspecified atom stereocenters. The first-order valence-corrected chi connectivity index (χ1v) is 10.7. The van der Waals surface area contributed by atoms with Crippen LogP contribution in [0.15, 0.2) is 0 Å². The van der Waals surface area contributed by atoms with Crippen molar-refractivity contribution < 1.29 is 18.9 Å². The van der Waals surface area contributed by atoms with Gasteiger partial charge in [0.25, 0.3) is 5.12 Å². The van der Waals surface area contributed by atoms with Gasteiger partial charge in [0.05, 0.1) is 0 Å². The van der Waals surface area contributed by atoms with Crippen molar-refractivity contribution in [1.82, 2.24) is 9.34 Å². The first-order valence-electron chi connectivity index (χ1n) is 6.66. The number of thioether (sulfide) groups is 1. The van der Waals surface area contributed by atoms with Gasteiger partial charge in [-0.25, -0.2) is 0 Å². The Balaban J connectivity index is 5.24. The molecule has 2 atom stereocenters. The molecular formula is C12H23N2O4PS2. The van der Waals surface area contributed by atoms with Crippen LogP contribution in [0, 0.1) is 0 Å². The molecule has 6 nitrogen and oxygen atoms in total. The van der Waals surface area contributed by atoms with Crippen LogP contribution >= 0.6 is 29.8 Å². The Morgan fingerprint density at radius 2 is 1.86 bits per heavy atom. The van der Waals surface area contributed by atoms with Gasteiger partial charge in [0, 0.05) is 25.1 Å². The van der Waals surface area contributed by atoms with Crippen LogP contribution in [0.3, 0.4) is 0 Å². The van der Waals surface area contributed by atoms with Gasteiger partial charge in [-0.05, 0) is 12.8 Å². The van der Waals surface area contributed by atoms with Crippen molar-refractivity contribution >= 4 is 47.2 Å². The highest BCUT2D eigenvalue weighted by atomic mass is 32.7. The van der Waals surface area contributed by atoms with Gasteiger partial charge in [-0.15, -0.1) is 0 Å². The minimum Gasteiger partial charge on any atom is -0.278 e. The topological polar surface area (TPSA) is 74.8 Å². The van der Waals surface area contributed by atoms with Gasteiger partial charge in [0.2, 0.25) is 6.41 Å². The number of amides is 2. The third kappa shape index (κ3) is 5.68.